The van der Waals surface area contributed by atoms with Gasteiger partial charge in [-0.15, -0.1) is 0 Å². The van der Waals surface area contributed by atoms with E-state index in [1.165, 1.54) is 11.1 Å². The fourth-order valence-corrected chi connectivity index (χ4v) is 7.72. The van der Waals surface area contributed by atoms with Crippen molar-refractivity contribution in [2.45, 2.75) is 49.3 Å². The predicted octanol–water partition coefficient (Wildman–Crippen LogP) is 2.48. The number of hydrogen-bond donors (Lipinski definition) is 0. The van der Waals surface area contributed by atoms with E-state index >= 15 is 0 Å². The largest absolute Gasteiger partial charge is 0.493 e. The Labute approximate surface area is 177 Å². The van der Waals surface area contributed by atoms with Crippen LogP contribution in [0, 0.1) is 11.3 Å². The smallest absolute Gasteiger partial charge is 0.312 e. The zero-order valence-electron chi connectivity index (χ0n) is 18.1. The van der Waals surface area contributed by atoms with Crippen molar-refractivity contribution in [2.75, 3.05) is 34.4 Å². The number of hydrogen-bond acceptors (Lipinski definition) is 6. The summed E-state index contributed by atoms with van der Waals surface area (Å²) in [6.45, 7) is 3.22. The van der Waals surface area contributed by atoms with Crippen molar-refractivity contribution in [1.29, 1.82) is 0 Å². The summed E-state index contributed by atoms with van der Waals surface area (Å²) in [7, 11) is 5.61. The van der Waals surface area contributed by atoms with Crippen LogP contribution in [0.25, 0.3) is 0 Å². The lowest BCUT2D eigenvalue weighted by Gasteiger charge is -2.70. The number of likely N-dealkylation sites (tertiary alicyclic amines) is 1. The van der Waals surface area contributed by atoms with E-state index in [9.17, 15) is 4.79 Å². The number of carbonyl (C=O) groups is 1. The molecule has 6 atom stereocenters. The summed E-state index contributed by atoms with van der Waals surface area (Å²) in [6, 6.07) is 4.54. The quantitative estimate of drug-likeness (QED) is 0.561. The second-order valence-corrected chi connectivity index (χ2v) is 9.49. The van der Waals surface area contributed by atoms with Gasteiger partial charge in [-0.05, 0) is 51.4 Å². The Morgan fingerprint density at radius 2 is 2.13 bits per heavy atom. The lowest BCUT2D eigenvalue weighted by molar-refractivity contribution is -0.221. The third kappa shape index (κ3) is 1.75. The topological polar surface area (TPSA) is 57.2 Å². The Kier molecular flexibility index (Phi) is 3.61. The fraction of sp³-hybridized carbons (Fsp3) is 0.625. The van der Waals surface area contributed by atoms with Gasteiger partial charge in [0.25, 0.3) is 0 Å². The first kappa shape index (κ1) is 18.7. The summed E-state index contributed by atoms with van der Waals surface area (Å²) >= 11 is 0. The number of nitrogens with zero attached hydrogens (tertiary/aromatic N) is 1. The van der Waals surface area contributed by atoms with Crippen molar-refractivity contribution < 1.29 is 23.7 Å². The van der Waals surface area contributed by atoms with Gasteiger partial charge in [0.1, 0.15) is 11.7 Å². The second-order valence-electron chi connectivity index (χ2n) is 9.49. The molecule has 2 heterocycles. The first-order valence-electron chi connectivity index (χ1n) is 11.0. The zero-order chi connectivity index (χ0) is 20.9. The number of likely N-dealkylation sites (N-methyl/N-ethyl adjacent to an activating group) is 1. The summed E-state index contributed by atoms with van der Waals surface area (Å²) in [6.07, 6.45) is 6.86. The van der Waals surface area contributed by atoms with Gasteiger partial charge in [0.15, 0.2) is 11.5 Å². The molecule has 1 saturated carbocycles. The number of esters is 1. The molecule has 2 aliphatic heterocycles. The molecule has 6 heteroatoms. The summed E-state index contributed by atoms with van der Waals surface area (Å²) < 4.78 is 24.3. The summed E-state index contributed by atoms with van der Waals surface area (Å²) in [4.78, 5) is 15.7. The van der Waals surface area contributed by atoms with Gasteiger partial charge in [0.05, 0.1) is 25.0 Å². The van der Waals surface area contributed by atoms with Crippen molar-refractivity contribution in [2.24, 2.45) is 11.3 Å². The predicted molar refractivity (Wildman–Crippen MR) is 110 cm³/mol. The van der Waals surface area contributed by atoms with Crippen LogP contribution in [0.4, 0.5) is 0 Å². The number of piperidine rings is 1. The van der Waals surface area contributed by atoms with Gasteiger partial charge in [-0.25, -0.2) is 0 Å². The first-order chi connectivity index (χ1) is 14.5. The summed E-state index contributed by atoms with van der Waals surface area (Å²) in [5.74, 6) is 1.04. The molecule has 1 saturated heterocycles. The summed E-state index contributed by atoms with van der Waals surface area (Å²) in [5.41, 5.74) is 1.40. The van der Waals surface area contributed by atoms with Crippen LogP contribution in [-0.2, 0) is 26.1 Å². The lowest BCUT2D eigenvalue weighted by atomic mass is 9.37. The molecule has 1 aromatic carbocycles. The van der Waals surface area contributed by atoms with Gasteiger partial charge in [0, 0.05) is 24.1 Å². The molecule has 2 fully saturated rings. The second kappa shape index (κ2) is 5.80. The van der Waals surface area contributed by atoms with E-state index in [4.69, 9.17) is 18.9 Å². The van der Waals surface area contributed by atoms with Crippen LogP contribution in [0.5, 0.6) is 11.5 Å². The Morgan fingerprint density at radius 3 is 2.87 bits per heavy atom. The third-order valence-corrected chi connectivity index (χ3v) is 8.85. The van der Waals surface area contributed by atoms with Crippen molar-refractivity contribution in [1.82, 2.24) is 4.90 Å². The fourth-order valence-electron chi connectivity index (χ4n) is 7.72. The molecule has 7 rings (SSSR count). The average Bonchev–Trinajstić information content (AvgIpc) is 3.13. The lowest BCUT2D eigenvalue weighted by Crippen LogP contribution is -2.79. The molecule has 2 spiro atoms. The van der Waals surface area contributed by atoms with Crippen LogP contribution < -0.4 is 9.47 Å². The van der Waals surface area contributed by atoms with Crippen LogP contribution in [0.15, 0.2) is 24.3 Å². The van der Waals surface area contributed by atoms with E-state index in [0.717, 1.165) is 37.3 Å². The molecule has 4 bridgehead atoms. The number of carbonyl (C=O) groups excluding carboxylic acids is 1. The monoisotopic (exact) mass is 411 g/mol. The van der Waals surface area contributed by atoms with E-state index in [2.05, 4.69) is 30.2 Å². The maximum absolute atomic E-state index is 13.2. The van der Waals surface area contributed by atoms with Crippen molar-refractivity contribution in [3.63, 3.8) is 0 Å². The van der Waals surface area contributed by atoms with Crippen molar-refractivity contribution in [3.8, 4) is 11.5 Å². The van der Waals surface area contributed by atoms with Gasteiger partial charge < -0.3 is 23.8 Å². The molecule has 6 aliphatic rings. The number of benzene rings is 1. The van der Waals surface area contributed by atoms with Crippen LogP contribution >= 0.6 is 0 Å². The molecule has 30 heavy (non-hydrogen) atoms. The normalized spacial score (nSPS) is 41.9. The van der Waals surface area contributed by atoms with Gasteiger partial charge in [-0.2, -0.15) is 0 Å². The Morgan fingerprint density at radius 1 is 1.30 bits per heavy atom. The minimum absolute atomic E-state index is 0.184. The molecule has 0 unspecified atom stereocenters. The van der Waals surface area contributed by atoms with Crippen LogP contribution in [0.1, 0.15) is 30.9 Å². The molecule has 0 N–H and O–H groups in total. The Balaban J connectivity index is 1.65. The number of fused-ring (bicyclic) bond motifs is 1. The highest BCUT2D eigenvalue weighted by molar-refractivity contribution is 5.78. The molecule has 0 amide bonds. The number of rotatable bonds is 4. The minimum Gasteiger partial charge on any atom is -0.493 e. The van der Waals surface area contributed by atoms with Gasteiger partial charge >= 0.3 is 5.97 Å². The molecule has 0 aromatic heterocycles. The number of methoxy groups -OCH3 is 2. The maximum Gasteiger partial charge on any atom is 0.312 e. The summed E-state index contributed by atoms with van der Waals surface area (Å²) in [5, 5.41) is 0. The molecular formula is C24H29NO5. The highest BCUT2D eigenvalue weighted by Crippen LogP contribution is 2.74. The van der Waals surface area contributed by atoms with Crippen molar-refractivity contribution >= 4 is 5.97 Å². The molecule has 6 nitrogen and oxygen atoms in total. The average molecular weight is 411 g/mol. The third-order valence-electron chi connectivity index (χ3n) is 8.85. The molecule has 0 radical (unpaired) electrons. The molecular weight excluding hydrogens is 382 g/mol. The SMILES string of the molecule is CCOC(=O)[C@H]1C[C@@]23C=C[C@]1(OC)[C@H]1Oc4c(OC)ccc5c4[C@@]12CCN(C)[C@@H]3C5. The van der Waals surface area contributed by atoms with E-state index < -0.39 is 5.60 Å². The van der Waals surface area contributed by atoms with Crippen molar-refractivity contribution in [3.05, 3.63) is 35.4 Å². The highest BCUT2D eigenvalue weighted by atomic mass is 16.6. The van der Waals surface area contributed by atoms with Crippen LogP contribution in [0.3, 0.4) is 0 Å². The van der Waals surface area contributed by atoms with Gasteiger partial charge in [-0.1, -0.05) is 18.2 Å². The Hall–Kier alpha value is -2.05. The van der Waals surface area contributed by atoms with E-state index in [0.29, 0.717) is 12.6 Å². The van der Waals surface area contributed by atoms with Crippen LogP contribution in [-0.4, -0.2) is 63.0 Å². The minimum atomic E-state index is -0.840. The molecule has 1 aromatic rings. The highest BCUT2D eigenvalue weighted by Gasteiger charge is 2.80. The van der Waals surface area contributed by atoms with Gasteiger partial charge in [-0.3, -0.25) is 4.79 Å². The van der Waals surface area contributed by atoms with Crippen LogP contribution in [0.2, 0.25) is 0 Å². The van der Waals surface area contributed by atoms with Gasteiger partial charge in [0.2, 0.25) is 0 Å². The Bertz CT molecular complexity index is 975. The first-order valence-corrected chi connectivity index (χ1v) is 11.0. The number of ether oxygens (including phenoxy) is 4. The van der Waals surface area contributed by atoms with E-state index in [1.807, 2.05) is 13.0 Å². The molecule has 160 valence electrons. The zero-order valence-corrected chi connectivity index (χ0v) is 18.1. The van der Waals surface area contributed by atoms with E-state index in [1.54, 1.807) is 14.2 Å². The standard InChI is InChI=1S/C24H29NO5/c1-5-29-20(26)15-13-22-8-9-24(15,28-4)21-23(22)10-11-25(2)17(22)12-14-6-7-16(27-3)19(30-21)18(14)23/h6-9,15,17,21H,5,10-13H2,1-4H3/t15-,17-,21+,22-,23+,24-/m1/s1. The molecule has 4 aliphatic carbocycles. The maximum atomic E-state index is 13.2. The van der Waals surface area contributed by atoms with E-state index in [-0.39, 0.29) is 28.8 Å².